The van der Waals surface area contributed by atoms with E-state index in [9.17, 15) is 9.50 Å². The fraction of sp³-hybridized carbons (Fsp3) is 0.483. The first kappa shape index (κ1) is 27.3. The van der Waals surface area contributed by atoms with Crippen LogP contribution in [-0.2, 0) is 23.1 Å². The highest BCUT2D eigenvalue weighted by molar-refractivity contribution is 5.65. The zero-order valence-corrected chi connectivity index (χ0v) is 21.8. The summed E-state index contributed by atoms with van der Waals surface area (Å²) in [5.74, 6) is 0.574. The van der Waals surface area contributed by atoms with Crippen molar-refractivity contribution in [2.75, 3.05) is 32.9 Å². The number of unbranched alkanes of at least 4 members (excludes halogenated alkanes) is 1. The number of aromatic nitrogens is 2. The number of nitrogens with zero attached hydrogens (tertiary/aromatic N) is 3. The van der Waals surface area contributed by atoms with Crippen LogP contribution in [0.5, 0.6) is 11.6 Å². The molecule has 0 spiro atoms. The average molecular weight is 512 g/mol. The van der Waals surface area contributed by atoms with Crippen LogP contribution >= 0.6 is 0 Å². The summed E-state index contributed by atoms with van der Waals surface area (Å²) < 4.78 is 33.4. The number of hydrogen-bond donors (Lipinski definition) is 1. The van der Waals surface area contributed by atoms with E-state index in [0.717, 1.165) is 49.1 Å². The Labute approximate surface area is 218 Å². The third-order valence-electron chi connectivity index (χ3n) is 6.43. The number of aryl methyl sites for hydroxylation is 1. The summed E-state index contributed by atoms with van der Waals surface area (Å²) in [6, 6.07) is 16.0. The van der Waals surface area contributed by atoms with Gasteiger partial charge in [-0.3, -0.25) is 4.90 Å². The third-order valence-corrected chi connectivity index (χ3v) is 6.43. The summed E-state index contributed by atoms with van der Waals surface area (Å²) in [6.07, 6.45) is 3.53. The zero-order valence-electron chi connectivity index (χ0n) is 21.8. The van der Waals surface area contributed by atoms with Crippen LogP contribution in [0.2, 0.25) is 0 Å². The lowest BCUT2D eigenvalue weighted by Gasteiger charge is -2.28. The number of benzene rings is 2. The van der Waals surface area contributed by atoms with Gasteiger partial charge >= 0.3 is 0 Å². The first-order chi connectivity index (χ1) is 18.0. The fourth-order valence-corrected chi connectivity index (χ4v) is 4.61. The van der Waals surface area contributed by atoms with Crippen molar-refractivity contribution in [1.82, 2.24) is 14.7 Å². The smallest absolute Gasteiger partial charge is 0.222 e. The van der Waals surface area contributed by atoms with Crippen LogP contribution in [0.3, 0.4) is 0 Å². The molecule has 0 saturated carbocycles. The van der Waals surface area contributed by atoms with Gasteiger partial charge in [-0.25, -0.2) is 9.07 Å². The Morgan fingerprint density at radius 2 is 2.05 bits per heavy atom. The Bertz CT molecular complexity index is 1100. The first-order valence-electron chi connectivity index (χ1n) is 13.2. The SMILES string of the molecule is CCCCOCC(O)CN(Cc1c(-c2ccccc2)nn(C)c1Oc1cccc(F)c1)CC1CCCO1. The van der Waals surface area contributed by atoms with E-state index in [-0.39, 0.29) is 18.5 Å². The molecule has 4 rings (SSSR count). The van der Waals surface area contributed by atoms with Crippen LogP contribution in [-0.4, -0.2) is 64.9 Å². The van der Waals surface area contributed by atoms with Gasteiger partial charge in [0.25, 0.3) is 0 Å². The molecule has 2 aromatic carbocycles. The Kier molecular flexibility index (Phi) is 10.1. The molecule has 2 atom stereocenters. The molecule has 0 amide bonds. The Balaban J connectivity index is 1.62. The van der Waals surface area contributed by atoms with Gasteiger partial charge in [0.1, 0.15) is 17.3 Å². The van der Waals surface area contributed by atoms with E-state index in [2.05, 4.69) is 11.8 Å². The van der Waals surface area contributed by atoms with E-state index in [1.807, 2.05) is 37.4 Å². The summed E-state index contributed by atoms with van der Waals surface area (Å²) in [5, 5.41) is 15.6. The maximum atomic E-state index is 13.9. The van der Waals surface area contributed by atoms with Gasteiger partial charge in [0.2, 0.25) is 5.88 Å². The molecule has 1 aliphatic heterocycles. The molecule has 37 heavy (non-hydrogen) atoms. The predicted molar refractivity (Wildman–Crippen MR) is 141 cm³/mol. The van der Waals surface area contributed by atoms with Gasteiger partial charge in [-0.2, -0.15) is 5.10 Å². The van der Waals surface area contributed by atoms with E-state index < -0.39 is 6.10 Å². The summed E-state index contributed by atoms with van der Waals surface area (Å²) in [5.41, 5.74) is 2.62. The molecular formula is C29H38FN3O4. The molecule has 7 nitrogen and oxygen atoms in total. The average Bonchev–Trinajstić information content (AvgIpc) is 3.51. The second-order valence-corrected chi connectivity index (χ2v) is 9.59. The Morgan fingerprint density at radius 1 is 1.22 bits per heavy atom. The molecular weight excluding hydrogens is 473 g/mol. The molecule has 3 aromatic rings. The predicted octanol–water partition coefficient (Wildman–Crippen LogP) is 5.18. The molecule has 8 heteroatoms. The molecule has 2 heterocycles. The maximum Gasteiger partial charge on any atom is 0.222 e. The monoisotopic (exact) mass is 511 g/mol. The largest absolute Gasteiger partial charge is 0.439 e. The van der Waals surface area contributed by atoms with Crippen LogP contribution in [0.4, 0.5) is 4.39 Å². The Hall–Kier alpha value is -2.78. The van der Waals surface area contributed by atoms with E-state index >= 15 is 0 Å². The molecule has 1 fully saturated rings. The molecule has 200 valence electrons. The lowest BCUT2D eigenvalue weighted by molar-refractivity contribution is 0.00144. The van der Waals surface area contributed by atoms with Crippen LogP contribution in [0.1, 0.15) is 38.2 Å². The molecule has 1 N–H and O–H groups in total. The number of hydrogen-bond acceptors (Lipinski definition) is 6. The van der Waals surface area contributed by atoms with Crippen LogP contribution < -0.4 is 4.74 Å². The summed E-state index contributed by atoms with van der Waals surface area (Å²) >= 11 is 0. The zero-order chi connectivity index (χ0) is 26.0. The molecule has 1 aliphatic rings. The van der Waals surface area contributed by atoms with Crippen molar-refractivity contribution in [1.29, 1.82) is 0 Å². The number of ether oxygens (including phenoxy) is 3. The number of aliphatic hydroxyl groups is 1. The van der Waals surface area contributed by atoms with Crippen molar-refractivity contribution < 1.29 is 23.7 Å². The standard InChI is InChI=1S/C29H38FN3O4/c1-3-4-15-35-21-24(34)18-33(19-26-14-9-16-36-26)20-27-28(22-10-6-5-7-11-22)31-32(2)29(27)37-25-13-8-12-23(30)17-25/h5-8,10-13,17,24,26,34H,3-4,9,14-16,18-21H2,1-2H3. The van der Waals surface area contributed by atoms with Crippen molar-refractivity contribution in [2.45, 2.75) is 51.4 Å². The third kappa shape index (κ3) is 7.85. The normalized spacial score (nSPS) is 16.4. The topological polar surface area (TPSA) is 69.0 Å². The van der Waals surface area contributed by atoms with E-state index in [4.69, 9.17) is 19.3 Å². The lowest BCUT2D eigenvalue weighted by atomic mass is 10.1. The summed E-state index contributed by atoms with van der Waals surface area (Å²) in [6.45, 7) is 5.39. The second-order valence-electron chi connectivity index (χ2n) is 9.59. The van der Waals surface area contributed by atoms with E-state index in [0.29, 0.717) is 37.9 Å². The minimum absolute atomic E-state index is 0.109. The van der Waals surface area contributed by atoms with E-state index in [1.165, 1.54) is 12.1 Å². The molecule has 1 aromatic heterocycles. The van der Waals surface area contributed by atoms with Gasteiger partial charge in [0.05, 0.1) is 24.4 Å². The van der Waals surface area contributed by atoms with Crippen molar-refractivity contribution in [3.8, 4) is 22.9 Å². The van der Waals surface area contributed by atoms with Gasteiger partial charge < -0.3 is 19.3 Å². The van der Waals surface area contributed by atoms with Crippen molar-refractivity contribution in [3.05, 3.63) is 66.0 Å². The highest BCUT2D eigenvalue weighted by Crippen LogP contribution is 2.34. The minimum Gasteiger partial charge on any atom is -0.439 e. The van der Waals surface area contributed by atoms with Crippen molar-refractivity contribution >= 4 is 0 Å². The molecule has 2 unspecified atom stereocenters. The number of aliphatic hydroxyl groups excluding tert-OH is 1. The highest BCUT2D eigenvalue weighted by atomic mass is 19.1. The molecule has 0 radical (unpaired) electrons. The van der Waals surface area contributed by atoms with Crippen LogP contribution in [0.15, 0.2) is 54.6 Å². The summed E-state index contributed by atoms with van der Waals surface area (Å²) in [7, 11) is 1.82. The van der Waals surface area contributed by atoms with Crippen molar-refractivity contribution in [2.24, 2.45) is 7.05 Å². The molecule has 0 bridgehead atoms. The highest BCUT2D eigenvalue weighted by Gasteiger charge is 2.26. The molecule has 1 saturated heterocycles. The number of halogens is 1. The van der Waals surface area contributed by atoms with Gasteiger partial charge in [-0.1, -0.05) is 49.7 Å². The second kappa shape index (κ2) is 13.7. The van der Waals surface area contributed by atoms with Gasteiger partial charge in [0.15, 0.2) is 0 Å². The first-order valence-corrected chi connectivity index (χ1v) is 13.2. The summed E-state index contributed by atoms with van der Waals surface area (Å²) in [4.78, 5) is 2.19. The fourth-order valence-electron chi connectivity index (χ4n) is 4.61. The van der Waals surface area contributed by atoms with Gasteiger partial charge in [0, 0.05) is 51.5 Å². The quantitative estimate of drug-likeness (QED) is 0.301. The maximum absolute atomic E-state index is 13.9. The lowest BCUT2D eigenvalue weighted by Crippen LogP contribution is -2.39. The van der Waals surface area contributed by atoms with Crippen LogP contribution in [0, 0.1) is 5.82 Å². The van der Waals surface area contributed by atoms with E-state index in [1.54, 1.807) is 16.8 Å². The minimum atomic E-state index is -0.636. The Morgan fingerprint density at radius 3 is 2.78 bits per heavy atom. The number of rotatable bonds is 14. The van der Waals surface area contributed by atoms with Crippen LogP contribution in [0.25, 0.3) is 11.3 Å². The van der Waals surface area contributed by atoms with Crippen molar-refractivity contribution in [3.63, 3.8) is 0 Å². The van der Waals surface area contributed by atoms with Gasteiger partial charge in [-0.15, -0.1) is 0 Å². The van der Waals surface area contributed by atoms with Gasteiger partial charge in [-0.05, 0) is 31.4 Å². The molecule has 0 aliphatic carbocycles.